The second-order valence-corrected chi connectivity index (χ2v) is 8.74. The lowest BCUT2D eigenvalue weighted by atomic mass is 9.85. The topological polar surface area (TPSA) is 68.2 Å². The van der Waals surface area contributed by atoms with Crippen molar-refractivity contribution in [2.45, 2.75) is 57.3 Å². The number of aliphatic hydroxyl groups excluding tert-OH is 1. The summed E-state index contributed by atoms with van der Waals surface area (Å²) in [5.41, 5.74) is 0.589. The zero-order valence-corrected chi connectivity index (χ0v) is 18.0. The van der Waals surface area contributed by atoms with E-state index in [4.69, 9.17) is 4.74 Å². The van der Waals surface area contributed by atoms with Crippen molar-refractivity contribution in [2.75, 3.05) is 52.4 Å². The van der Waals surface area contributed by atoms with Gasteiger partial charge in [-0.15, -0.1) is 0 Å². The first kappa shape index (κ1) is 22.5. The second-order valence-electron chi connectivity index (χ2n) is 8.74. The molecule has 0 spiro atoms. The van der Waals surface area contributed by atoms with Gasteiger partial charge in [-0.05, 0) is 37.1 Å². The molecular weight excluding hydrogens is 366 g/mol. The molecule has 1 aromatic carbocycles. The van der Waals surface area contributed by atoms with Crippen molar-refractivity contribution in [2.24, 2.45) is 0 Å². The lowest BCUT2D eigenvalue weighted by Crippen LogP contribution is -2.49. The molecule has 6 nitrogen and oxygen atoms in total. The van der Waals surface area contributed by atoms with Crippen LogP contribution in [0, 0.1) is 0 Å². The summed E-state index contributed by atoms with van der Waals surface area (Å²) >= 11 is 0. The average Bonchev–Trinajstić information content (AvgIpc) is 2.73. The number of nitrogens with one attached hydrogen (secondary N) is 1. The van der Waals surface area contributed by atoms with E-state index in [0.717, 1.165) is 69.7 Å². The maximum absolute atomic E-state index is 10.6. The van der Waals surface area contributed by atoms with Gasteiger partial charge in [-0.2, -0.15) is 0 Å². The van der Waals surface area contributed by atoms with Crippen LogP contribution in [0.3, 0.4) is 0 Å². The van der Waals surface area contributed by atoms with Gasteiger partial charge < -0.3 is 25.2 Å². The summed E-state index contributed by atoms with van der Waals surface area (Å²) in [6.07, 6.45) is 4.80. The fourth-order valence-electron chi connectivity index (χ4n) is 4.40. The highest BCUT2D eigenvalue weighted by atomic mass is 16.5. The molecular formula is C23H39N3O3. The smallest absolute Gasteiger partial charge is 0.119 e. The number of likely N-dealkylation sites (N-methyl/N-ethyl adjacent to an activating group) is 1. The molecule has 29 heavy (non-hydrogen) atoms. The average molecular weight is 406 g/mol. The van der Waals surface area contributed by atoms with Crippen LogP contribution in [0.2, 0.25) is 0 Å². The fourth-order valence-corrected chi connectivity index (χ4v) is 4.40. The molecule has 0 bridgehead atoms. The van der Waals surface area contributed by atoms with Gasteiger partial charge in [0, 0.05) is 45.8 Å². The molecule has 2 fully saturated rings. The van der Waals surface area contributed by atoms with Gasteiger partial charge in [0.15, 0.2) is 0 Å². The SMILES string of the molecule is CCN1CCN(CC(O)COc2cccc(CNCC3(O)CCCCC3)c2)CC1. The Labute approximate surface area is 175 Å². The van der Waals surface area contributed by atoms with Gasteiger partial charge in [0.1, 0.15) is 18.5 Å². The summed E-state index contributed by atoms with van der Waals surface area (Å²) < 4.78 is 5.84. The van der Waals surface area contributed by atoms with Gasteiger partial charge in [0.05, 0.1) is 5.60 Å². The maximum atomic E-state index is 10.6. The normalized spacial score (nSPS) is 21.8. The summed E-state index contributed by atoms with van der Waals surface area (Å²) in [7, 11) is 0. The number of β-amino-alcohol motifs (C(OH)–C–C–N with tert-alkyl or cyclic N) is 1. The maximum Gasteiger partial charge on any atom is 0.119 e. The lowest BCUT2D eigenvalue weighted by Gasteiger charge is -2.34. The van der Waals surface area contributed by atoms with Crippen molar-refractivity contribution >= 4 is 0 Å². The van der Waals surface area contributed by atoms with E-state index in [-0.39, 0.29) is 0 Å². The predicted molar refractivity (Wildman–Crippen MR) is 116 cm³/mol. The van der Waals surface area contributed by atoms with E-state index in [9.17, 15) is 10.2 Å². The first-order valence-corrected chi connectivity index (χ1v) is 11.3. The van der Waals surface area contributed by atoms with Crippen LogP contribution in [0.15, 0.2) is 24.3 Å². The summed E-state index contributed by atoms with van der Waals surface area (Å²) in [6, 6.07) is 8.00. The monoisotopic (exact) mass is 405 g/mol. The molecule has 6 heteroatoms. The molecule has 1 saturated carbocycles. The Morgan fingerprint density at radius 3 is 2.55 bits per heavy atom. The molecule has 1 atom stereocenters. The molecule has 0 radical (unpaired) electrons. The van der Waals surface area contributed by atoms with Crippen molar-refractivity contribution in [3.8, 4) is 5.75 Å². The van der Waals surface area contributed by atoms with Gasteiger partial charge in [-0.3, -0.25) is 4.90 Å². The highest BCUT2D eigenvalue weighted by Gasteiger charge is 2.28. The molecule has 1 aliphatic heterocycles. The number of ether oxygens (including phenoxy) is 1. The molecule has 1 unspecified atom stereocenters. The van der Waals surface area contributed by atoms with E-state index < -0.39 is 11.7 Å². The van der Waals surface area contributed by atoms with Crippen LogP contribution >= 0.6 is 0 Å². The van der Waals surface area contributed by atoms with Crippen LogP contribution < -0.4 is 10.1 Å². The second kappa shape index (κ2) is 11.3. The minimum absolute atomic E-state index is 0.310. The largest absolute Gasteiger partial charge is 0.491 e. The predicted octanol–water partition coefficient (Wildman–Crippen LogP) is 1.85. The van der Waals surface area contributed by atoms with Gasteiger partial charge in [0.2, 0.25) is 0 Å². The van der Waals surface area contributed by atoms with Crippen LogP contribution in [0.25, 0.3) is 0 Å². The Balaban J connectivity index is 1.37. The molecule has 1 heterocycles. The van der Waals surface area contributed by atoms with E-state index in [1.165, 1.54) is 6.42 Å². The van der Waals surface area contributed by atoms with Crippen molar-refractivity contribution < 1.29 is 14.9 Å². The summed E-state index contributed by atoms with van der Waals surface area (Å²) in [4.78, 5) is 4.75. The van der Waals surface area contributed by atoms with Crippen LogP contribution in [0.4, 0.5) is 0 Å². The Morgan fingerprint density at radius 2 is 1.83 bits per heavy atom. The van der Waals surface area contributed by atoms with Crippen molar-refractivity contribution in [1.82, 2.24) is 15.1 Å². The number of benzene rings is 1. The molecule has 0 amide bonds. The third-order valence-electron chi connectivity index (χ3n) is 6.29. The zero-order chi connectivity index (χ0) is 20.5. The van der Waals surface area contributed by atoms with Crippen LogP contribution in [0.1, 0.15) is 44.6 Å². The number of hydrogen-bond donors (Lipinski definition) is 3. The Bertz CT molecular complexity index is 599. The molecule has 1 aliphatic carbocycles. The minimum atomic E-state index is -0.543. The molecule has 3 N–H and O–H groups in total. The van der Waals surface area contributed by atoms with E-state index in [0.29, 0.717) is 26.2 Å². The van der Waals surface area contributed by atoms with Crippen LogP contribution in [0.5, 0.6) is 5.75 Å². The molecule has 3 rings (SSSR count). The van der Waals surface area contributed by atoms with Gasteiger partial charge in [0.25, 0.3) is 0 Å². The molecule has 164 valence electrons. The summed E-state index contributed by atoms with van der Waals surface area (Å²) in [5, 5.41) is 24.3. The van der Waals surface area contributed by atoms with E-state index in [2.05, 4.69) is 28.1 Å². The first-order valence-electron chi connectivity index (χ1n) is 11.3. The molecule has 1 aromatic rings. The molecule has 2 aliphatic rings. The van der Waals surface area contributed by atoms with E-state index in [1.807, 2.05) is 18.2 Å². The third-order valence-corrected chi connectivity index (χ3v) is 6.29. The third kappa shape index (κ3) is 7.54. The number of rotatable bonds is 10. The molecule has 0 aromatic heterocycles. The Kier molecular flexibility index (Phi) is 8.75. The van der Waals surface area contributed by atoms with Crippen molar-refractivity contribution in [1.29, 1.82) is 0 Å². The van der Waals surface area contributed by atoms with Gasteiger partial charge in [-0.25, -0.2) is 0 Å². The van der Waals surface area contributed by atoms with Crippen molar-refractivity contribution in [3.63, 3.8) is 0 Å². The number of hydrogen-bond acceptors (Lipinski definition) is 6. The fraction of sp³-hybridized carbons (Fsp3) is 0.739. The Morgan fingerprint density at radius 1 is 1.10 bits per heavy atom. The van der Waals surface area contributed by atoms with Crippen LogP contribution in [-0.4, -0.2) is 84.1 Å². The van der Waals surface area contributed by atoms with Crippen LogP contribution in [-0.2, 0) is 6.54 Å². The zero-order valence-electron chi connectivity index (χ0n) is 18.0. The highest BCUT2D eigenvalue weighted by Crippen LogP contribution is 2.27. The highest BCUT2D eigenvalue weighted by molar-refractivity contribution is 5.28. The Hall–Kier alpha value is -1.18. The molecule has 1 saturated heterocycles. The number of aliphatic hydroxyl groups is 2. The first-order chi connectivity index (χ1) is 14.1. The van der Waals surface area contributed by atoms with E-state index >= 15 is 0 Å². The van der Waals surface area contributed by atoms with Crippen molar-refractivity contribution in [3.05, 3.63) is 29.8 Å². The minimum Gasteiger partial charge on any atom is -0.491 e. The van der Waals surface area contributed by atoms with E-state index in [1.54, 1.807) is 0 Å². The summed E-state index contributed by atoms with van der Waals surface area (Å²) in [5.74, 6) is 0.788. The number of piperazine rings is 1. The standard InChI is InChI=1S/C23H39N3O3/c1-2-25-11-13-26(14-12-25)17-21(27)18-29-22-8-6-7-20(15-22)16-24-19-23(28)9-4-3-5-10-23/h6-8,15,21,24,27-28H,2-5,9-14,16-19H2,1H3. The van der Waals surface area contributed by atoms with Gasteiger partial charge in [-0.1, -0.05) is 38.3 Å². The van der Waals surface area contributed by atoms with Gasteiger partial charge >= 0.3 is 0 Å². The summed E-state index contributed by atoms with van der Waals surface area (Å²) in [6.45, 7) is 9.80. The number of nitrogens with zero attached hydrogens (tertiary/aromatic N) is 2. The quantitative estimate of drug-likeness (QED) is 0.552. The lowest BCUT2D eigenvalue weighted by molar-refractivity contribution is 0.00467.